The highest BCUT2D eigenvalue weighted by atomic mass is 35.5. The Hall–Kier alpha value is -3.17. The number of carbonyl (C=O) groups excluding carboxylic acids is 3. The van der Waals surface area contributed by atoms with Crippen LogP contribution in [0, 0.1) is 11.2 Å². The largest absolute Gasteiger partial charge is 0.453 e. The summed E-state index contributed by atoms with van der Waals surface area (Å²) in [5.74, 6) is -0.982. The number of benzene rings is 2. The van der Waals surface area contributed by atoms with E-state index in [-0.39, 0.29) is 24.8 Å². The molecule has 2 aromatic rings. The number of amides is 3. The summed E-state index contributed by atoms with van der Waals surface area (Å²) in [7, 11) is 1.26. The first kappa shape index (κ1) is 25.9. The van der Waals surface area contributed by atoms with Crippen molar-refractivity contribution >= 4 is 29.5 Å². The Balaban J connectivity index is 1.67. The number of nitrogens with zero attached hydrogens (tertiary/aromatic N) is 1. The van der Waals surface area contributed by atoms with E-state index < -0.39 is 29.5 Å². The van der Waals surface area contributed by atoms with Gasteiger partial charge in [0.2, 0.25) is 11.8 Å². The second-order valence-electron chi connectivity index (χ2n) is 9.33. The van der Waals surface area contributed by atoms with E-state index in [0.717, 1.165) is 5.56 Å². The van der Waals surface area contributed by atoms with E-state index in [2.05, 4.69) is 16.0 Å². The van der Waals surface area contributed by atoms with E-state index in [9.17, 15) is 18.8 Å². The first-order valence-corrected chi connectivity index (χ1v) is 12.3. The predicted molar refractivity (Wildman–Crippen MR) is 133 cm³/mol. The van der Waals surface area contributed by atoms with E-state index in [0.29, 0.717) is 42.9 Å². The Kier molecular flexibility index (Phi) is 8.11. The van der Waals surface area contributed by atoms with Crippen LogP contribution in [0.1, 0.15) is 24.0 Å². The van der Waals surface area contributed by atoms with Gasteiger partial charge in [-0.1, -0.05) is 35.9 Å². The van der Waals surface area contributed by atoms with Crippen LogP contribution in [0.15, 0.2) is 48.5 Å². The Morgan fingerprint density at radius 2 is 1.75 bits per heavy atom. The fourth-order valence-electron chi connectivity index (χ4n) is 4.96. The van der Waals surface area contributed by atoms with Gasteiger partial charge in [-0.3, -0.25) is 14.5 Å². The summed E-state index contributed by atoms with van der Waals surface area (Å²) < 4.78 is 18.4. The van der Waals surface area contributed by atoms with Crippen LogP contribution in [0.4, 0.5) is 9.18 Å². The summed E-state index contributed by atoms with van der Waals surface area (Å²) in [6, 6.07) is 11.2. The second kappa shape index (κ2) is 11.3. The van der Waals surface area contributed by atoms with Gasteiger partial charge in [-0.15, -0.1) is 0 Å². The summed E-state index contributed by atoms with van der Waals surface area (Å²) in [6.07, 6.45) is 0.695. The highest BCUT2D eigenvalue weighted by molar-refractivity contribution is 6.30. The van der Waals surface area contributed by atoms with Crippen molar-refractivity contribution in [3.05, 3.63) is 70.5 Å². The fourth-order valence-corrected chi connectivity index (χ4v) is 5.08. The zero-order valence-corrected chi connectivity index (χ0v) is 20.8. The Bertz CT molecular complexity index is 1090. The first-order chi connectivity index (χ1) is 17.3. The molecule has 2 aliphatic heterocycles. The predicted octanol–water partition coefficient (Wildman–Crippen LogP) is 2.64. The SMILES string of the molecule is COC(=O)N1CC2(CCNCC2)C(=O)NC(Cc2ccc(Cl)cc2)C1C(=O)NCc1ccc(F)cc1. The molecular formula is C26H30ClFN4O4. The number of ether oxygens (including phenoxy) is 1. The van der Waals surface area contributed by atoms with Gasteiger partial charge in [-0.25, -0.2) is 9.18 Å². The van der Waals surface area contributed by atoms with Crippen LogP contribution in [-0.4, -0.2) is 61.6 Å². The number of carbonyl (C=O) groups is 3. The average Bonchev–Trinajstić information content (AvgIpc) is 2.99. The first-order valence-electron chi connectivity index (χ1n) is 11.9. The van der Waals surface area contributed by atoms with Crippen LogP contribution in [0.5, 0.6) is 0 Å². The fraction of sp³-hybridized carbons (Fsp3) is 0.423. The molecule has 2 unspecified atom stereocenters. The summed E-state index contributed by atoms with van der Waals surface area (Å²) >= 11 is 6.04. The molecule has 0 aromatic heterocycles. The highest BCUT2D eigenvalue weighted by Crippen LogP contribution is 2.34. The molecule has 8 nitrogen and oxygen atoms in total. The summed E-state index contributed by atoms with van der Waals surface area (Å²) in [5, 5.41) is 9.78. The third-order valence-electron chi connectivity index (χ3n) is 6.98. The number of piperidine rings is 1. The van der Waals surface area contributed by atoms with E-state index in [1.54, 1.807) is 24.3 Å². The average molecular weight is 517 g/mol. The van der Waals surface area contributed by atoms with Gasteiger partial charge >= 0.3 is 6.09 Å². The Morgan fingerprint density at radius 3 is 2.39 bits per heavy atom. The van der Waals surface area contributed by atoms with Crippen LogP contribution in [0.3, 0.4) is 0 Å². The van der Waals surface area contributed by atoms with Gasteiger partial charge in [0.1, 0.15) is 11.9 Å². The number of rotatable bonds is 5. The third-order valence-corrected chi connectivity index (χ3v) is 7.23. The Morgan fingerprint density at radius 1 is 1.11 bits per heavy atom. The monoisotopic (exact) mass is 516 g/mol. The van der Waals surface area contributed by atoms with Gasteiger partial charge in [0.05, 0.1) is 18.6 Å². The van der Waals surface area contributed by atoms with Crippen LogP contribution in [0.25, 0.3) is 0 Å². The van der Waals surface area contributed by atoms with Gasteiger partial charge in [0.15, 0.2) is 0 Å². The maximum Gasteiger partial charge on any atom is 0.410 e. The maximum absolute atomic E-state index is 13.6. The number of halogens is 2. The smallest absolute Gasteiger partial charge is 0.410 e. The molecule has 2 heterocycles. The van der Waals surface area contributed by atoms with Crippen molar-refractivity contribution in [2.45, 2.75) is 37.9 Å². The minimum Gasteiger partial charge on any atom is -0.453 e. The van der Waals surface area contributed by atoms with E-state index >= 15 is 0 Å². The molecule has 1 spiro atoms. The molecule has 4 rings (SSSR count). The van der Waals surface area contributed by atoms with Crippen LogP contribution >= 0.6 is 11.6 Å². The summed E-state index contributed by atoms with van der Waals surface area (Å²) in [5.41, 5.74) is 0.729. The zero-order valence-electron chi connectivity index (χ0n) is 20.1. The van der Waals surface area contributed by atoms with Crippen molar-refractivity contribution in [2.75, 3.05) is 26.7 Å². The summed E-state index contributed by atoms with van der Waals surface area (Å²) in [6.45, 7) is 1.47. The molecule has 192 valence electrons. The Labute approximate surface area is 214 Å². The van der Waals surface area contributed by atoms with Crippen LogP contribution < -0.4 is 16.0 Å². The number of methoxy groups -OCH3 is 1. The van der Waals surface area contributed by atoms with Crippen molar-refractivity contribution in [2.24, 2.45) is 5.41 Å². The normalized spacial score (nSPS) is 21.4. The lowest BCUT2D eigenvalue weighted by Gasteiger charge is -2.38. The standard InChI is InChI=1S/C26H30ClFN4O4/c1-36-25(35)32-16-26(10-12-29-13-11-26)24(34)31-21(14-17-2-6-19(27)7-3-17)22(32)23(33)30-15-18-4-8-20(28)9-5-18/h2-9,21-22,29H,10-16H2,1H3,(H,30,33)(H,31,34). The maximum atomic E-state index is 13.6. The van der Waals surface area contributed by atoms with Crippen LogP contribution in [0.2, 0.25) is 5.02 Å². The lowest BCUT2D eigenvalue weighted by Crippen LogP contribution is -2.58. The molecule has 2 aromatic carbocycles. The molecule has 0 aliphatic carbocycles. The van der Waals surface area contributed by atoms with Crippen molar-refractivity contribution in [3.8, 4) is 0 Å². The molecule has 0 radical (unpaired) electrons. The molecule has 3 amide bonds. The minimum atomic E-state index is -1.02. The van der Waals surface area contributed by atoms with Gasteiger partial charge in [-0.05, 0) is 67.7 Å². The molecule has 10 heteroatoms. The second-order valence-corrected chi connectivity index (χ2v) is 9.76. The minimum absolute atomic E-state index is 0.0684. The zero-order chi connectivity index (χ0) is 25.7. The quantitative estimate of drug-likeness (QED) is 0.567. The lowest BCUT2D eigenvalue weighted by atomic mass is 9.77. The van der Waals surface area contributed by atoms with Crippen molar-refractivity contribution in [1.82, 2.24) is 20.9 Å². The van der Waals surface area contributed by atoms with E-state index in [1.807, 2.05) is 12.1 Å². The van der Waals surface area contributed by atoms with E-state index in [1.165, 1.54) is 24.1 Å². The van der Waals surface area contributed by atoms with Gasteiger partial charge in [-0.2, -0.15) is 0 Å². The van der Waals surface area contributed by atoms with Crippen molar-refractivity contribution < 1.29 is 23.5 Å². The molecule has 2 fully saturated rings. The highest BCUT2D eigenvalue weighted by Gasteiger charge is 2.50. The topological polar surface area (TPSA) is 99.8 Å². The lowest BCUT2D eigenvalue weighted by molar-refractivity contribution is -0.132. The van der Waals surface area contributed by atoms with Crippen LogP contribution in [-0.2, 0) is 27.3 Å². The molecule has 3 N–H and O–H groups in total. The molecule has 2 atom stereocenters. The molecule has 0 saturated carbocycles. The number of nitrogens with one attached hydrogen (secondary N) is 3. The molecule has 2 saturated heterocycles. The number of hydrogen-bond donors (Lipinski definition) is 3. The molecule has 36 heavy (non-hydrogen) atoms. The molecule has 2 aliphatic rings. The summed E-state index contributed by atoms with van der Waals surface area (Å²) in [4.78, 5) is 41.6. The van der Waals surface area contributed by atoms with E-state index in [4.69, 9.17) is 16.3 Å². The van der Waals surface area contributed by atoms with Gasteiger partial charge < -0.3 is 20.7 Å². The molecule has 0 bridgehead atoms. The van der Waals surface area contributed by atoms with Crippen molar-refractivity contribution in [3.63, 3.8) is 0 Å². The number of hydrogen-bond acceptors (Lipinski definition) is 5. The van der Waals surface area contributed by atoms with Gasteiger partial charge in [0.25, 0.3) is 0 Å². The third kappa shape index (κ3) is 5.79. The van der Waals surface area contributed by atoms with Crippen molar-refractivity contribution in [1.29, 1.82) is 0 Å². The molecular weight excluding hydrogens is 487 g/mol. The van der Waals surface area contributed by atoms with Gasteiger partial charge in [0, 0.05) is 18.1 Å².